The van der Waals surface area contributed by atoms with E-state index in [9.17, 15) is 13.6 Å². The van der Waals surface area contributed by atoms with Crippen LogP contribution in [0.2, 0.25) is 0 Å². The molecule has 194 valence electrons. The molecule has 1 aliphatic heterocycles. The lowest BCUT2D eigenvalue weighted by Gasteiger charge is -2.31. The lowest BCUT2D eigenvalue weighted by atomic mass is 9.78. The zero-order chi connectivity index (χ0) is 25.3. The monoisotopic (exact) mass is 515 g/mol. The van der Waals surface area contributed by atoms with Gasteiger partial charge in [-0.2, -0.15) is 0 Å². The molecule has 1 aliphatic carbocycles. The maximum absolute atomic E-state index is 13.1. The minimum atomic E-state index is -2.85. The van der Waals surface area contributed by atoms with Crippen molar-refractivity contribution in [3.8, 4) is 5.19 Å². The Kier molecular flexibility index (Phi) is 7.45. The topological polar surface area (TPSA) is 47.4 Å². The lowest BCUT2D eigenvalue weighted by Crippen LogP contribution is -2.32. The van der Waals surface area contributed by atoms with Gasteiger partial charge in [0.2, 0.25) is 0 Å². The van der Waals surface area contributed by atoms with Crippen LogP contribution in [0.4, 0.5) is 8.78 Å². The van der Waals surface area contributed by atoms with Crippen LogP contribution in [0.25, 0.3) is 10.8 Å². The highest BCUT2D eigenvalue weighted by Crippen LogP contribution is 2.35. The number of fused-ring (bicyclic) bond motifs is 2. The number of hydrogen-bond donors (Lipinski definition) is 0. The first-order chi connectivity index (χ1) is 17.2. The highest BCUT2D eigenvalue weighted by Gasteiger charge is 2.27. The number of carbonyl (C=O) groups excluding carboxylic acids is 1. The summed E-state index contributed by atoms with van der Waals surface area (Å²) in [4.78, 5) is 21.1. The van der Waals surface area contributed by atoms with Gasteiger partial charge in [0.25, 0.3) is 11.1 Å². The van der Waals surface area contributed by atoms with Gasteiger partial charge in [-0.25, -0.2) is 13.8 Å². The van der Waals surface area contributed by atoms with Crippen LogP contribution in [0.3, 0.4) is 0 Å². The molecule has 2 aromatic heterocycles. The molecule has 0 saturated heterocycles. The molecular formula is C28H35F2N3O2S. The Morgan fingerprint density at radius 1 is 1.19 bits per heavy atom. The summed E-state index contributed by atoms with van der Waals surface area (Å²) in [5.41, 5.74) is 1.84. The van der Waals surface area contributed by atoms with E-state index in [-0.39, 0.29) is 5.78 Å². The fourth-order valence-corrected chi connectivity index (χ4v) is 6.58. The standard InChI is InChI=1S/C28H35F2N3O2S/c1-28(29,30)18-35-27-31-24-17-33(13-11-26(24)36-27)12-10-19-6-8-20(9-7-19)14-25(34)22-5-3-4-21-15-32(2)16-23(21)22/h3-5,15-16,19-20H,6-14,17-18H2,1-2H3. The molecule has 0 atom stereocenters. The van der Waals surface area contributed by atoms with Crippen molar-refractivity contribution in [2.45, 2.75) is 64.3 Å². The van der Waals surface area contributed by atoms with Crippen LogP contribution in [0, 0.1) is 11.8 Å². The predicted molar refractivity (Wildman–Crippen MR) is 139 cm³/mol. The number of halogens is 2. The summed E-state index contributed by atoms with van der Waals surface area (Å²) in [5.74, 6) is -1.39. The van der Waals surface area contributed by atoms with E-state index < -0.39 is 12.5 Å². The van der Waals surface area contributed by atoms with Gasteiger partial charge in [0.1, 0.15) is 0 Å². The Bertz CT molecular complexity index is 1210. The van der Waals surface area contributed by atoms with Crippen LogP contribution in [0.5, 0.6) is 5.19 Å². The van der Waals surface area contributed by atoms with E-state index >= 15 is 0 Å². The highest BCUT2D eigenvalue weighted by molar-refractivity contribution is 7.13. The number of ketones is 1. The first kappa shape index (κ1) is 25.3. The Morgan fingerprint density at radius 3 is 2.75 bits per heavy atom. The average molecular weight is 516 g/mol. The Balaban J connectivity index is 1.06. The van der Waals surface area contributed by atoms with E-state index in [2.05, 4.69) is 22.1 Å². The SMILES string of the molecule is Cn1cc2cccc(C(=O)CC3CCC(CCN4CCc5sc(OCC(C)(F)F)nc5C4)CC3)c2c1. The summed E-state index contributed by atoms with van der Waals surface area (Å²) in [6.45, 7) is 3.02. The average Bonchev–Trinajstić information content (AvgIpc) is 3.43. The van der Waals surface area contributed by atoms with Crippen LogP contribution < -0.4 is 4.74 Å². The van der Waals surface area contributed by atoms with Crippen LogP contribution in [0.15, 0.2) is 30.6 Å². The van der Waals surface area contributed by atoms with Gasteiger partial charge in [0.05, 0.1) is 5.69 Å². The van der Waals surface area contributed by atoms with Gasteiger partial charge in [-0.3, -0.25) is 9.69 Å². The van der Waals surface area contributed by atoms with Crippen molar-refractivity contribution < 1.29 is 18.3 Å². The quantitative estimate of drug-likeness (QED) is 0.305. The molecule has 5 rings (SSSR count). The Morgan fingerprint density at radius 2 is 1.97 bits per heavy atom. The van der Waals surface area contributed by atoms with Gasteiger partial charge >= 0.3 is 0 Å². The van der Waals surface area contributed by atoms with E-state index in [0.717, 1.165) is 79.1 Å². The number of ether oxygens (including phenoxy) is 1. The number of benzene rings is 1. The van der Waals surface area contributed by atoms with Gasteiger partial charge in [0.15, 0.2) is 12.4 Å². The summed E-state index contributed by atoms with van der Waals surface area (Å²) >= 11 is 1.41. The van der Waals surface area contributed by atoms with E-state index in [4.69, 9.17) is 4.74 Å². The fourth-order valence-electron chi connectivity index (χ4n) is 5.67. The molecule has 5 nitrogen and oxygen atoms in total. The van der Waals surface area contributed by atoms with E-state index in [0.29, 0.717) is 23.5 Å². The second-order valence-corrected chi connectivity index (χ2v) is 11.8. The summed E-state index contributed by atoms with van der Waals surface area (Å²) in [5, 5.41) is 2.55. The Labute approximate surface area is 215 Å². The normalized spacial score (nSPS) is 21.0. The van der Waals surface area contributed by atoms with Gasteiger partial charge in [-0.15, -0.1) is 0 Å². The second-order valence-electron chi connectivity index (χ2n) is 10.8. The number of aryl methyl sites for hydroxylation is 1. The van der Waals surface area contributed by atoms with Crippen molar-refractivity contribution in [2.24, 2.45) is 18.9 Å². The molecule has 0 N–H and O–H groups in total. The van der Waals surface area contributed by atoms with Crippen LogP contribution in [0.1, 0.15) is 66.4 Å². The smallest absolute Gasteiger partial charge is 0.278 e. The molecule has 0 unspecified atom stereocenters. The van der Waals surface area contributed by atoms with Gasteiger partial charge in [-0.1, -0.05) is 42.4 Å². The van der Waals surface area contributed by atoms with Crippen LogP contribution in [-0.4, -0.2) is 45.9 Å². The number of aromatic nitrogens is 2. The van der Waals surface area contributed by atoms with Gasteiger partial charge < -0.3 is 9.30 Å². The summed E-state index contributed by atoms with van der Waals surface area (Å²) in [6.07, 6.45) is 11.4. The molecule has 1 aromatic carbocycles. The molecule has 8 heteroatoms. The predicted octanol–water partition coefficient (Wildman–Crippen LogP) is 6.50. The molecule has 1 saturated carbocycles. The minimum Gasteiger partial charge on any atom is -0.464 e. The number of thiazole rings is 1. The molecule has 0 spiro atoms. The summed E-state index contributed by atoms with van der Waals surface area (Å²) in [6, 6.07) is 6.02. The molecule has 3 aromatic rings. The van der Waals surface area contributed by atoms with E-state index in [1.807, 2.05) is 29.9 Å². The largest absolute Gasteiger partial charge is 0.464 e. The zero-order valence-electron chi connectivity index (χ0n) is 21.1. The van der Waals surface area contributed by atoms with E-state index in [1.54, 1.807) is 0 Å². The minimum absolute atomic E-state index is 0.272. The number of hydrogen-bond acceptors (Lipinski definition) is 5. The van der Waals surface area contributed by atoms with Crippen molar-refractivity contribution in [1.82, 2.24) is 14.5 Å². The van der Waals surface area contributed by atoms with E-state index in [1.165, 1.54) is 24.2 Å². The van der Waals surface area contributed by atoms with Crippen molar-refractivity contribution in [3.05, 3.63) is 46.7 Å². The maximum atomic E-state index is 13.1. The van der Waals surface area contributed by atoms with Crippen molar-refractivity contribution in [3.63, 3.8) is 0 Å². The molecule has 0 bridgehead atoms. The molecule has 3 heterocycles. The number of carbonyl (C=O) groups is 1. The third kappa shape index (κ3) is 6.14. The second kappa shape index (κ2) is 10.6. The third-order valence-corrected chi connectivity index (χ3v) is 8.72. The highest BCUT2D eigenvalue weighted by atomic mass is 32.1. The van der Waals surface area contributed by atoms with Gasteiger partial charge in [0, 0.05) is 67.1 Å². The first-order valence-electron chi connectivity index (χ1n) is 13.0. The lowest BCUT2D eigenvalue weighted by molar-refractivity contribution is -0.0230. The van der Waals surface area contributed by atoms with Gasteiger partial charge in [-0.05, 0) is 44.1 Å². The number of alkyl halides is 2. The molecule has 0 amide bonds. The maximum Gasteiger partial charge on any atom is 0.278 e. The zero-order valence-corrected chi connectivity index (χ0v) is 22.0. The van der Waals surface area contributed by atoms with Crippen molar-refractivity contribution in [1.29, 1.82) is 0 Å². The molecular weight excluding hydrogens is 480 g/mol. The summed E-state index contributed by atoms with van der Waals surface area (Å²) < 4.78 is 33.4. The Hall–Kier alpha value is -2.32. The number of rotatable bonds is 9. The molecule has 0 radical (unpaired) electrons. The first-order valence-corrected chi connectivity index (χ1v) is 13.8. The van der Waals surface area contributed by atoms with Crippen molar-refractivity contribution >= 4 is 27.9 Å². The fraction of sp³-hybridized carbons (Fsp3) is 0.571. The number of Topliss-reactive ketones (excluding diaryl/α,β-unsaturated/α-hetero) is 1. The summed E-state index contributed by atoms with van der Waals surface area (Å²) in [7, 11) is 2.00. The molecule has 2 aliphatic rings. The molecule has 1 fully saturated rings. The van der Waals surface area contributed by atoms with Crippen LogP contribution >= 0.6 is 11.3 Å². The van der Waals surface area contributed by atoms with Crippen LogP contribution in [-0.2, 0) is 20.0 Å². The molecule has 36 heavy (non-hydrogen) atoms. The third-order valence-electron chi connectivity index (χ3n) is 7.65. The van der Waals surface area contributed by atoms with Crippen molar-refractivity contribution in [2.75, 3.05) is 19.7 Å². The number of nitrogens with zero attached hydrogens (tertiary/aromatic N) is 3.